The SMILES string of the molecule is [CH2]C(F)OC(C)=O. The first kappa shape index (κ1) is 6.40. The van der Waals surface area contributed by atoms with Crippen LogP contribution in [0.4, 0.5) is 4.39 Å². The van der Waals surface area contributed by atoms with Crippen molar-refractivity contribution in [2.45, 2.75) is 13.3 Å². The first-order valence-corrected chi connectivity index (χ1v) is 1.77. The maximum absolute atomic E-state index is 11.4. The lowest BCUT2D eigenvalue weighted by Gasteiger charge is -1.97. The van der Waals surface area contributed by atoms with Crippen molar-refractivity contribution in [3.63, 3.8) is 0 Å². The Labute approximate surface area is 41.3 Å². The highest BCUT2D eigenvalue weighted by atomic mass is 19.1. The van der Waals surface area contributed by atoms with Crippen LogP contribution < -0.4 is 0 Å². The second-order valence-corrected chi connectivity index (χ2v) is 1.02. The average molecular weight is 105 g/mol. The number of hydrogen-bond acceptors (Lipinski definition) is 2. The molecule has 0 saturated heterocycles. The molecule has 0 saturated carbocycles. The number of ether oxygens (including phenoxy) is 1. The van der Waals surface area contributed by atoms with E-state index in [0.717, 1.165) is 6.92 Å². The minimum absolute atomic E-state index is 0.650. The molecule has 2 nitrogen and oxygen atoms in total. The zero-order valence-electron chi connectivity index (χ0n) is 3.98. The average Bonchev–Trinajstić information content (AvgIpc) is 1.27. The van der Waals surface area contributed by atoms with Gasteiger partial charge in [0.2, 0.25) is 6.36 Å². The summed E-state index contributed by atoms with van der Waals surface area (Å²) in [5.41, 5.74) is 0. The van der Waals surface area contributed by atoms with Gasteiger partial charge in [0, 0.05) is 13.8 Å². The number of alkyl halides is 1. The molecule has 7 heavy (non-hydrogen) atoms. The van der Waals surface area contributed by atoms with Crippen LogP contribution in [0, 0.1) is 6.92 Å². The van der Waals surface area contributed by atoms with Gasteiger partial charge in [-0.3, -0.25) is 4.79 Å². The highest BCUT2D eigenvalue weighted by molar-refractivity contribution is 5.66. The van der Waals surface area contributed by atoms with E-state index in [1.807, 2.05) is 0 Å². The largest absolute Gasteiger partial charge is 0.431 e. The molecule has 0 N–H and O–H groups in total. The van der Waals surface area contributed by atoms with Crippen LogP contribution in [0.3, 0.4) is 0 Å². The van der Waals surface area contributed by atoms with Gasteiger partial charge in [0.05, 0.1) is 0 Å². The third-order valence-corrected chi connectivity index (χ3v) is 0.294. The summed E-state index contributed by atoms with van der Waals surface area (Å²) in [5.74, 6) is -0.650. The summed E-state index contributed by atoms with van der Waals surface area (Å²) in [4.78, 5) is 9.75. The molecule has 0 aromatic heterocycles. The molecule has 0 aliphatic carbocycles. The number of hydrogen-bond donors (Lipinski definition) is 0. The van der Waals surface area contributed by atoms with Crippen molar-refractivity contribution in [3.8, 4) is 0 Å². The van der Waals surface area contributed by atoms with Gasteiger partial charge in [-0.1, -0.05) is 0 Å². The molecule has 0 aromatic rings. The standard InChI is InChI=1S/C4H6FO2/c1-3(5)7-4(2)6/h3H,1H2,2H3. The van der Waals surface area contributed by atoms with Gasteiger partial charge >= 0.3 is 5.97 Å². The Hall–Kier alpha value is -0.600. The maximum atomic E-state index is 11.4. The molecule has 0 spiro atoms. The van der Waals surface area contributed by atoms with Gasteiger partial charge in [0.25, 0.3) is 0 Å². The van der Waals surface area contributed by atoms with E-state index in [0.29, 0.717) is 0 Å². The molecule has 0 aromatic carbocycles. The second kappa shape index (κ2) is 2.55. The van der Waals surface area contributed by atoms with Crippen molar-refractivity contribution in [1.82, 2.24) is 0 Å². The van der Waals surface area contributed by atoms with Crippen molar-refractivity contribution < 1.29 is 13.9 Å². The van der Waals surface area contributed by atoms with Crippen LogP contribution in [0.5, 0.6) is 0 Å². The van der Waals surface area contributed by atoms with Gasteiger partial charge in [0.15, 0.2) is 0 Å². The van der Waals surface area contributed by atoms with Gasteiger partial charge < -0.3 is 4.74 Å². The Kier molecular flexibility index (Phi) is 2.33. The molecule has 0 fully saturated rings. The number of carbonyl (C=O) groups is 1. The Morgan fingerprint density at radius 2 is 2.43 bits per heavy atom. The first-order valence-electron chi connectivity index (χ1n) is 1.77. The summed E-state index contributed by atoms with van der Waals surface area (Å²) in [5, 5.41) is 0. The van der Waals surface area contributed by atoms with E-state index in [2.05, 4.69) is 11.7 Å². The minimum atomic E-state index is -1.72. The Morgan fingerprint density at radius 3 is 2.43 bits per heavy atom. The Balaban J connectivity index is 3.13. The molecule has 0 heterocycles. The lowest BCUT2D eigenvalue weighted by Crippen LogP contribution is -2.05. The van der Waals surface area contributed by atoms with Gasteiger partial charge in [-0.25, -0.2) is 4.39 Å². The summed E-state index contributed by atoms with van der Waals surface area (Å²) in [6, 6.07) is 0. The predicted molar refractivity (Wildman–Crippen MR) is 22.0 cm³/mol. The number of halogens is 1. The zero-order chi connectivity index (χ0) is 5.86. The second-order valence-electron chi connectivity index (χ2n) is 1.02. The summed E-state index contributed by atoms with van der Waals surface area (Å²) in [6.07, 6.45) is -1.72. The molecule has 1 unspecified atom stereocenters. The van der Waals surface area contributed by atoms with E-state index in [-0.39, 0.29) is 0 Å². The fraction of sp³-hybridized carbons (Fsp3) is 0.500. The predicted octanol–water partition coefficient (Wildman–Crippen LogP) is 0.679. The van der Waals surface area contributed by atoms with Crippen LogP contribution in [0.25, 0.3) is 0 Å². The van der Waals surface area contributed by atoms with E-state index < -0.39 is 12.3 Å². The van der Waals surface area contributed by atoms with Gasteiger partial charge in [-0.05, 0) is 0 Å². The van der Waals surface area contributed by atoms with Crippen LogP contribution in [0.1, 0.15) is 6.92 Å². The molecule has 0 bridgehead atoms. The molecule has 0 aliphatic rings. The summed E-state index contributed by atoms with van der Waals surface area (Å²) < 4.78 is 15.2. The lowest BCUT2D eigenvalue weighted by atomic mass is 10.7. The van der Waals surface area contributed by atoms with E-state index >= 15 is 0 Å². The van der Waals surface area contributed by atoms with Crippen molar-refractivity contribution in [2.75, 3.05) is 0 Å². The molecular weight excluding hydrogens is 99.0 g/mol. The van der Waals surface area contributed by atoms with Crippen LogP contribution >= 0.6 is 0 Å². The van der Waals surface area contributed by atoms with Crippen LogP contribution in [-0.2, 0) is 9.53 Å². The molecule has 41 valence electrons. The van der Waals surface area contributed by atoms with E-state index in [1.54, 1.807) is 0 Å². The highest BCUT2D eigenvalue weighted by Crippen LogP contribution is 1.88. The topological polar surface area (TPSA) is 26.3 Å². The highest BCUT2D eigenvalue weighted by Gasteiger charge is 1.97. The van der Waals surface area contributed by atoms with Crippen LogP contribution in [0.2, 0.25) is 0 Å². The molecule has 0 amide bonds. The van der Waals surface area contributed by atoms with Crippen molar-refractivity contribution in [1.29, 1.82) is 0 Å². The molecular formula is C4H6FO2. The fourth-order valence-electron chi connectivity index (χ4n) is 0.180. The molecule has 3 heteroatoms. The van der Waals surface area contributed by atoms with Gasteiger partial charge in [-0.15, -0.1) is 0 Å². The zero-order valence-corrected chi connectivity index (χ0v) is 3.98. The van der Waals surface area contributed by atoms with Gasteiger partial charge in [0.1, 0.15) is 0 Å². The third kappa shape index (κ3) is 5.40. The number of esters is 1. The Morgan fingerprint density at radius 1 is 2.00 bits per heavy atom. The van der Waals surface area contributed by atoms with Gasteiger partial charge in [-0.2, -0.15) is 0 Å². The minimum Gasteiger partial charge on any atom is -0.431 e. The van der Waals surface area contributed by atoms with E-state index in [9.17, 15) is 9.18 Å². The van der Waals surface area contributed by atoms with Crippen molar-refractivity contribution >= 4 is 5.97 Å². The normalized spacial score (nSPS) is 13.0. The van der Waals surface area contributed by atoms with E-state index in [1.165, 1.54) is 0 Å². The maximum Gasteiger partial charge on any atom is 0.305 e. The third-order valence-electron chi connectivity index (χ3n) is 0.294. The quantitative estimate of drug-likeness (QED) is 0.458. The molecule has 0 rings (SSSR count). The fourth-order valence-corrected chi connectivity index (χ4v) is 0.180. The summed E-state index contributed by atoms with van der Waals surface area (Å²) in [7, 11) is 0. The van der Waals surface area contributed by atoms with Crippen LogP contribution in [-0.4, -0.2) is 12.3 Å². The summed E-state index contributed by atoms with van der Waals surface area (Å²) >= 11 is 0. The number of rotatable bonds is 1. The van der Waals surface area contributed by atoms with Crippen molar-refractivity contribution in [2.24, 2.45) is 0 Å². The Bertz CT molecular complexity index is 70.1. The summed E-state index contributed by atoms with van der Waals surface area (Å²) in [6.45, 7) is 3.89. The molecule has 1 atom stereocenters. The van der Waals surface area contributed by atoms with E-state index in [4.69, 9.17) is 0 Å². The smallest absolute Gasteiger partial charge is 0.305 e. The monoisotopic (exact) mass is 105 g/mol. The van der Waals surface area contributed by atoms with Crippen LogP contribution in [0.15, 0.2) is 0 Å². The van der Waals surface area contributed by atoms with Crippen molar-refractivity contribution in [3.05, 3.63) is 6.92 Å². The molecule has 0 aliphatic heterocycles. The molecule has 1 radical (unpaired) electrons. The number of carbonyl (C=O) groups excluding carboxylic acids is 1. The lowest BCUT2D eigenvalue weighted by molar-refractivity contribution is -0.150. The first-order chi connectivity index (χ1) is 3.13.